The molecule has 0 fully saturated rings. The molecule has 0 aliphatic carbocycles. The fourth-order valence-corrected chi connectivity index (χ4v) is 0.922. The molecule has 0 saturated heterocycles. The number of aliphatic carboxylic acids is 1. The summed E-state index contributed by atoms with van der Waals surface area (Å²) >= 11 is 0. The smallest absolute Gasteiger partial charge is 0.303 e. The predicted molar refractivity (Wildman–Crippen MR) is 54.6 cm³/mol. The molecule has 0 aromatic heterocycles. The molecule has 3 nitrogen and oxygen atoms in total. The van der Waals surface area contributed by atoms with Gasteiger partial charge in [0.15, 0.2) is 0 Å². The second kappa shape index (κ2) is 8.09. The van der Waals surface area contributed by atoms with Crippen molar-refractivity contribution in [1.29, 1.82) is 0 Å². The number of carbonyl (C=O) groups is 1. The molecule has 0 spiro atoms. The van der Waals surface area contributed by atoms with Gasteiger partial charge in [-0.2, -0.15) is 0 Å². The summed E-state index contributed by atoms with van der Waals surface area (Å²) in [6, 6.07) is 0. The van der Waals surface area contributed by atoms with Crippen molar-refractivity contribution < 1.29 is 15.0 Å². The van der Waals surface area contributed by atoms with E-state index in [0.29, 0.717) is 12.8 Å². The normalized spacial score (nSPS) is 11.6. The second-order valence-corrected chi connectivity index (χ2v) is 2.76. The molecule has 3 heteroatoms. The van der Waals surface area contributed by atoms with E-state index in [1.165, 1.54) is 6.08 Å². The monoisotopic (exact) mass is 194 g/mol. The van der Waals surface area contributed by atoms with Gasteiger partial charge in [-0.05, 0) is 24.5 Å². The maximum absolute atomic E-state index is 10.2. The summed E-state index contributed by atoms with van der Waals surface area (Å²) in [4.78, 5) is 10.2. The number of aliphatic hydroxyl groups is 1. The zero-order chi connectivity index (χ0) is 10.8. The Morgan fingerprint density at radius 2 is 2.14 bits per heavy atom. The third kappa shape index (κ3) is 7.14. The van der Waals surface area contributed by atoms with Crippen LogP contribution in [-0.2, 0) is 4.79 Å². The molecule has 0 aromatic carbocycles. The fraction of sp³-hybridized carbons (Fsp3) is 0.364. The van der Waals surface area contributed by atoms with Crippen molar-refractivity contribution in [3.8, 4) is 12.3 Å². The topological polar surface area (TPSA) is 57.5 Å². The summed E-state index contributed by atoms with van der Waals surface area (Å²) in [6.45, 7) is -0.0610. The van der Waals surface area contributed by atoms with E-state index < -0.39 is 5.97 Å². The number of hydrogen-bond donors (Lipinski definition) is 2. The third-order valence-corrected chi connectivity index (χ3v) is 1.62. The molecule has 2 N–H and O–H groups in total. The van der Waals surface area contributed by atoms with Crippen LogP contribution in [0.5, 0.6) is 0 Å². The molecular weight excluding hydrogens is 180 g/mol. The number of aliphatic hydroxyl groups excluding tert-OH is 1. The van der Waals surface area contributed by atoms with Crippen LogP contribution in [0.1, 0.15) is 19.3 Å². The number of rotatable bonds is 6. The minimum atomic E-state index is -0.818. The molecule has 0 bridgehead atoms. The molecular formula is C11H14O3. The average molecular weight is 194 g/mol. The standard InChI is InChI=1S/C11H14O3/c1-2-3-4-6-10(9-12)7-5-8-11(13)14/h1,3-4,6,12H,5,7-9H2,(H,13,14)/b4-3-,10-6-. The molecule has 14 heavy (non-hydrogen) atoms. The lowest BCUT2D eigenvalue weighted by Gasteiger charge is -2.00. The van der Waals surface area contributed by atoms with Crippen LogP contribution in [0.25, 0.3) is 0 Å². The maximum atomic E-state index is 10.2. The Balaban J connectivity index is 3.91. The number of carboxylic acids is 1. The quantitative estimate of drug-likeness (QED) is 0.495. The SMILES string of the molecule is C#C/C=C\C=C(/CO)CCCC(=O)O. The van der Waals surface area contributed by atoms with Gasteiger partial charge in [0.2, 0.25) is 0 Å². The molecule has 0 aromatic rings. The average Bonchev–Trinajstić information content (AvgIpc) is 2.15. The van der Waals surface area contributed by atoms with Crippen molar-refractivity contribution in [1.82, 2.24) is 0 Å². The van der Waals surface area contributed by atoms with E-state index in [1.807, 2.05) is 0 Å². The Morgan fingerprint density at radius 3 is 2.64 bits per heavy atom. The molecule has 0 aliphatic rings. The van der Waals surface area contributed by atoms with E-state index in [9.17, 15) is 4.79 Å². The minimum absolute atomic E-state index is 0.0610. The first kappa shape index (κ1) is 12.5. The van der Waals surface area contributed by atoms with Gasteiger partial charge in [0, 0.05) is 6.42 Å². The lowest BCUT2D eigenvalue weighted by atomic mass is 10.1. The van der Waals surface area contributed by atoms with Crippen LogP contribution in [-0.4, -0.2) is 22.8 Å². The lowest BCUT2D eigenvalue weighted by molar-refractivity contribution is -0.137. The Labute approximate surface area is 83.8 Å². The van der Waals surface area contributed by atoms with Crippen LogP contribution in [0.4, 0.5) is 0 Å². The highest BCUT2D eigenvalue weighted by Crippen LogP contribution is 2.06. The van der Waals surface area contributed by atoms with Gasteiger partial charge in [0.05, 0.1) is 6.61 Å². The van der Waals surface area contributed by atoms with Gasteiger partial charge in [0.25, 0.3) is 0 Å². The first-order chi connectivity index (χ1) is 6.70. The minimum Gasteiger partial charge on any atom is -0.481 e. The number of terminal acetylenes is 1. The summed E-state index contributed by atoms with van der Waals surface area (Å²) in [5.41, 5.74) is 0.790. The number of carboxylic acid groups (broad SMARTS) is 1. The Bertz CT molecular complexity index is 269. The van der Waals surface area contributed by atoms with Gasteiger partial charge in [-0.3, -0.25) is 4.79 Å². The van der Waals surface area contributed by atoms with E-state index >= 15 is 0 Å². The van der Waals surface area contributed by atoms with E-state index in [1.54, 1.807) is 12.2 Å². The summed E-state index contributed by atoms with van der Waals surface area (Å²) < 4.78 is 0. The van der Waals surface area contributed by atoms with Gasteiger partial charge in [0.1, 0.15) is 0 Å². The van der Waals surface area contributed by atoms with Crippen molar-refractivity contribution in [2.24, 2.45) is 0 Å². The fourth-order valence-electron chi connectivity index (χ4n) is 0.922. The maximum Gasteiger partial charge on any atom is 0.303 e. The molecule has 0 aliphatic heterocycles. The van der Waals surface area contributed by atoms with Crippen molar-refractivity contribution >= 4 is 5.97 Å². The highest BCUT2D eigenvalue weighted by atomic mass is 16.4. The van der Waals surface area contributed by atoms with Crippen LogP contribution in [0.2, 0.25) is 0 Å². The highest BCUT2D eigenvalue weighted by molar-refractivity contribution is 5.66. The Morgan fingerprint density at radius 1 is 1.43 bits per heavy atom. The zero-order valence-electron chi connectivity index (χ0n) is 7.94. The molecule has 0 atom stereocenters. The number of allylic oxidation sites excluding steroid dienone is 3. The van der Waals surface area contributed by atoms with Crippen molar-refractivity contribution in [2.45, 2.75) is 19.3 Å². The van der Waals surface area contributed by atoms with Gasteiger partial charge >= 0.3 is 5.97 Å². The van der Waals surface area contributed by atoms with Crippen molar-refractivity contribution in [2.75, 3.05) is 6.61 Å². The molecule has 76 valence electrons. The summed E-state index contributed by atoms with van der Waals surface area (Å²) in [7, 11) is 0. The molecule has 0 unspecified atom stereocenters. The van der Waals surface area contributed by atoms with Gasteiger partial charge in [-0.25, -0.2) is 0 Å². The summed E-state index contributed by atoms with van der Waals surface area (Å²) in [6.07, 6.45) is 11.1. The molecule has 0 amide bonds. The van der Waals surface area contributed by atoms with Crippen LogP contribution in [0.3, 0.4) is 0 Å². The second-order valence-electron chi connectivity index (χ2n) is 2.76. The van der Waals surface area contributed by atoms with E-state index in [2.05, 4.69) is 5.92 Å². The number of hydrogen-bond acceptors (Lipinski definition) is 2. The molecule has 0 rings (SSSR count). The highest BCUT2D eigenvalue weighted by Gasteiger charge is 1.98. The molecule has 0 heterocycles. The zero-order valence-corrected chi connectivity index (χ0v) is 7.94. The van der Waals surface area contributed by atoms with Crippen molar-refractivity contribution in [3.63, 3.8) is 0 Å². The lowest BCUT2D eigenvalue weighted by Crippen LogP contribution is -1.96. The molecule has 0 saturated carbocycles. The van der Waals surface area contributed by atoms with Crippen LogP contribution in [0, 0.1) is 12.3 Å². The van der Waals surface area contributed by atoms with Crippen LogP contribution in [0.15, 0.2) is 23.8 Å². The Kier molecular flexibility index (Phi) is 7.20. The largest absolute Gasteiger partial charge is 0.481 e. The first-order valence-corrected chi connectivity index (χ1v) is 4.34. The first-order valence-electron chi connectivity index (χ1n) is 4.34. The third-order valence-electron chi connectivity index (χ3n) is 1.62. The summed E-state index contributed by atoms with van der Waals surface area (Å²) in [5.74, 6) is 1.50. The molecule has 0 radical (unpaired) electrons. The van der Waals surface area contributed by atoms with E-state index in [4.69, 9.17) is 16.6 Å². The summed E-state index contributed by atoms with van der Waals surface area (Å²) in [5, 5.41) is 17.3. The van der Waals surface area contributed by atoms with Gasteiger partial charge in [-0.1, -0.05) is 18.1 Å². The van der Waals surface area contributed by atoms with Crippen LogP contribution >= 0.6 is 0 Å². The van der Waals surface area contributed by atoms with E-state index in [-0.39, 0.29) is 13.0 Å². The van der Waals surface area contributed by atoms with E-state index in [0.717, 1.165) is 5.57 Å². The van der Waals surface area contributed by atoms with Gasteiger partial charge in [-0.15, -0.1) is 6.42 Å². The van der Waals surface area contributed by atoms with Crippen molar-refractivity contribution in [3.05, 3.63) is 23.8 Å². The van der Waals surface area contributed by atoms with Gasteiger partial charge < -0.3 is 10.2 Å². The predicted octanol–water partition coefficient (Wildman–Crippen LogP) is 1.35. The Hall–Kier alpha value is -1.53. The van der Waals surface area contributed by atoms with Crippen LogP contribution < -0.4 is 0 Å².